The number of nitrogens with zero attached hydrogens (tertiary/aromatic N) is 3. The predicted octanol–water partition coefficient (Wildman–Crippen LogP) is 11.4. The van der Waals surface area contributed by atoms with Gasteiger partial charge in [0.25, 0.3) is 0 Å². The molecule has 0 radical (unpaired) electrons. The van der Waals surface area contributed by atoms with Gasteiger partial charge in [-0.05, 0) is 68.1 Å². The van der Waals surface area contributed by atoms with Gasteiger partial charge in [0.15, 0.2) is 17.5 Å². The van der Waals surface area contributed by atoms with Crippen molar-refractivity contribution in [3.8, 4) is 78.7 Å². The van der Waals surface area contributed by atoms with Crippen molar-refractivity contribution in [1.82, 2.24) is 15.0 Å². The number of hydrogen-bond acceptors (Lipinski definition) is 3. The van der Waals surface area contributed by atoms with E-state index in [4.69, 9.17) is 15.0 Å². The molecule has 0 spiro atoms. The molecule has 1 aliphatic carbocycles. The van der Waals surface area contributed by atoms with Crippen molar-refractivity contribution in [2.75, 3.05) is 0 Å². The fourth-order valence-corrected chi connectivity index (χ4v) is 7.01. The number of fused-ring (bicyclic) bond motifs is 3. The third kappa shape index (κ3) is 5.42. The molecule has 1 aliphatic rings. The van der Waals surface area contributed by atoms with Crippen LogP contribution >= 0.6 is 0 Å². The van der Waals surface area contributed by atoms with Gasteiger partial charge in [-0.1, -0.05) is 170 Å². The van der Waals surface area contributed by atoms with Gasteiger partial charge in [-0.2, -0.15) is 0 Å². The normalized spacial score (nSPS) is 11.6. The van der Waals surface area contributed by atoms with Crippen molar-refractivity contribution in [1.29, 1.82) is 0 Å². The monoisotopic (exact) mass is 625 g/mol. The highest BCUT2D eigenvalue weighted by atomic mass is 15.0. The Hall–Kier alpha value is -6.45. The maximum absolute atomic E-state index is 4.91. The van der Waals surface area contributed by atoms with E-state index in [-0.39, 0.29) is 0 Å². The smallest absolute Gasteiger partial charge is 0.164 e. The van der Waals surface area contributed by atoms with Crippen LogP contribution in [0.1, 0.15) is 11.1 Å². The molecule has 9 rings (SSSR count). The van der Waals surface area contributed by atoms with Gasteiger partial charge in [-0.25, -0.2) is 15.0 Å². The Bertz CT molecular complexity index is 2380. The molecule has 230 valence electrons. The summed E-state index contributed by atoms with van der Waals surface area (Å²) in [5.74, 6) is 1.98. The Kier molecular flexibility index (Phi) is 7.21. The van der Waals surface area contributed by atoms with Gasteiger partial charge in [0.1, 0.15) is 0 Å². The Morgan fingerprint density at radius 1 is 0.265 bits per heavy atom. The van der Waals surface area contributed by atoms with Crippen LogP contribution in [0.3, 0.4) is 0 Å². The summed E-state index contributed by atoms with van der Waals surface area (Å²) in [7, 11) is 0. The van der Waals surface area contributed by atoms with E-state index in [0.717, 1.165) is 28.7 Å². The fraction of sp³-hybridized carbons (Fsp3) is 0.0217. The average molecular weight is 626 g/mol. The minimum Gasteiger partial charge on any atom is -0.208 e. The molecule has 7 aromatic carbocycles. The van der Waals surface area contributed by atoms with Crippen molar-refractivity contribution in [3.05, 3.63) is 187 Å². The second-order valence-electron chi connectivity index (χ2n) is 12.4. The van der Waals surface area contributed by atoms with Gasteiger partial charge in [0, 0.05) is 16.7 Å². The lowest BCUT2D eigenvalue weighted by Gasteiger charge is -2.12. The molecule has 0 aliphatic heterocycles. The lowest BCUT2D eigenvalue weighted by Crippen LogP contribution is -2.00. The SMILES string of the molecule is c1ccc(-c2nc(-c3ccccc3)nc(-c3ccc(-c4cccc(-c5cccc6c5Cc5c(-c7ccccc7)cccc5-6)c4)cc3)n2)cc1. The maximum Gasteiger partial charge on any atom is 0.164 e. The molecule has 49 heavy (non-hydrogen) atoms. The summed E-state index contributed by atoms with van der Waals surface area (Å²) in [5.41, 5.74) is 15.8. The van der Waals surface area contributed by atoms with Crippen LogP contribution in [0.25, 0.3) is 78.7 Å². The number of hydrogen-bond donors (Lipinski definition) is 0. The Labute approximate surface area is 286 Å². The molecule has 0 amide bonds. The summed E-state index contributed by atoms with van der Waals surface area (Å²) < 4.78 is 0. The van der Waals surface area contributed by atoms with Crippen molar-refractivity contribution < 1.29 is 0 Å². The first-order valence-electron chi connectivity index (χ1n) is 16.7. The van der Waals surface area contributed by atoms with Crippen LogP contribution < -0.4 is 0 Å². The number of benzene rings is 7. The Balaban J connectivity index is 1.05. The standard InChI is InChI=1S/C46H31N3/c1-4-13-32(14-5-1)38-21-11-23-40-41-24-12-22-39(43(41)30-42(38)40)37-20-10-19-36(29-37)31-25-27-35(28-26-31)46-48-44(33-15-6-2-7-16-33)47-45(49-46)34-17-8-3-9-18-34/h1-29H,30H2. The van der Waals surface area contributed by atoms with Crippen LogP contribution in [0.5, 0.6) is 0 Å². The first-order chi connectivity index (χ1) is 24.3. The van der Waals surface area contributed by atoms with Crippen LogP contribution in [-0.2, 0) is 6.42 Å². The summed E-state index contributed by atoms with van der Waals surface area (Å²) in [6.45, 7) is 0. The highest BCUT2D eigenvalue weighted by Gasteiger charge is 2.24. The second kappa shape index (κ2) is 12.3. The molecular weight excluding hydrogens is 595 g/mol. The van der Waals surface area contributed by atoms with Gasteiger partial charge in [-0.3, -0.25) is 0 Å². The van der Waals surface area contributed by atoms with E-state index in [0.29, 0.717) is 17.5 Å². The second-order valence-corrected chi connectivity index (χ2v) is 12.4. The zero-order chi connectivity index (χ0) is 32.6. The summed E-state index contributed by atoms with van der Waals surface area (Å²) in [5, 5.41) is 0. The minimum atomic E-state index is 0.655. The van der Waals surface area contributed by atoms with Gasteiger partial charge < -0.3 is 0 Å². The molecule has 0 atom stereocenters. The van der Waals surface area contributed by atoms with Crippen molar-refractivity contribution >= 4 is 0 Å². The molecule has 0 bridgehead atoms. The van der Waals surface area contributed by atoms with E-state index in [1.165, 1.54) is 50.1 Å². The van der Waals surface area contributed by atoms with Crippen LogP contribution in [0.15, 0.2) is 176 Å². The number of rotatable bonds is 6. The fourth-order valence-electron chi connectivity index (χ4n) is 7.01. The molecule has 0 fully saturated rings. The van der Waals surface area contributed by atoms with E-state index in [1.807, 2.05) is 60.7 Å². The zero-order valence-electron chi connectivity index (χ0n) is 26.8. The summed E-state index contributed by atoms with van der Waals surface area (Å²) in [6, 6.07) is 61.8. The molecule has 1 heterocycles. The van der Waals surface area contributed by atoms with E-state index < -0.39 is 0 Å². The van der Waals surface area contributed by atoms with Gasteiger partial charge >= 0.3 is 0 Å². The lowest BCUT2D eigenvalue weighted by molar-refractivity contribution is 1.07. The predicted molar refractivity (Wildman–Crippen MR) is 201 cm³/mol. The van der Waals surface area contributed by atoms with Gasteiger partial charge in [-0.15, -0.1) is 0 Å². The molecule has 0 unspecified atom stereocenters. The van der Waals surface area contributed by atoms with Crippen molar-refractivity contribution in [2.45, 2.75) is 6.42 Å². The van der Waals surface area contributed by atoms with Crippen LogP contribution in [0.4, 0.5) is 0 Å². The summed E-state index contributed by atoms with van der Waals surface area (Å²) in [4.78, 5) is 14.7. The molecular formula is C46H31N3. The minimum absolute atomic E-state index is 0.655. The van der Waals surface area contributed by atoms with Crippen LogP contribution in [0.2, 0.25) is 0 Å². The third-order valence-corrected chi connectivity index (χ3v) is 9.43. The van der Waals surface area contributed by atoms with E-state index >= 15 is 0 Å². The van der Waals surface area contributed by atoms with Crippen molar-refractivity contribution in [2.24, 2.45) is 0 Å². The molecule has 0 saturated heterocycles. The van der Waals surface area contributed by atoms with Gasteiger partial charge in [0.05, 0.1) is 0 Å². The molecule has 3 heteroatoms. The summed E-state index contributed by atoms with van der Waals surface area (Å²) >= 11 is 0. The lowest BCUT2D eigenvalue weighted by atomic mass is 9.93. The Morgan fingerprint density at radius 3 is 1.16 bits per heavy atom. The topological polar surface area (TPSA) is 38.7 Å². The molecule has 0 saturated carbocycles. The first kappa shape index (κ1) is 28.7. The summed E-state index contributed by atoms with van der Waals surface area (Å²) in [6.07, 6.45) is 0.923. The zero-order valence-corrected chi connectivity index (χ0v) is 26.8. The molecule has 1 aromatic heterocycles. The third-order valence-electron chi connectivity index (χ3n) is 9.43. The van der Waals surface area contributed by atoms with E-state index in [1.54, 1.807) is 0 Å². The van der Waals surface area contributed by atoms with Gasteiger partial charge in [0.2, 0.25) is 0 Å². The molecule has 3 nitrogen and oxygen atoms in total. The Morgan fingerprint density at radius 2 is 0.633 bits per heavy atom. The van der Waals surface area contributed by atoms with E-state index in [9.17, 15) is 0 Å². The largest absolute Gasteiger partial charge is 0.208 e. The average Bonchev–Trinajstić information content (AvgIpc) is 3.58. The first-order valence-corrected chi connectivity index (χ1v) is 16.7. The number of aromatic nitrogens is 3. The molecule has 8 aromatic rings. The van der Waals surface area contributed by atoms with Crippen LogP contribution in [0, 0.1) is 0 Å². The highest BCUT2D eigenvalue weighted by Crippen LogP contribution is 2.45. The highest BCUT2D eigenvalue weighted by molar-refractivity contribution is 5.90. The quantitative estimate of drug-likeness (QED) is 0.185. The van der Waals surface area contributed by atoms with Crippen molar-refractivity contribution in [3.63, 3.8) is 0 Å². The van der Waals surface area contributed by atoms with E-state index in [2.05, 4.69) is 115 Å². The molecule has 0 N–H and O–H groups in total. The maximum atomic E-state index is 4.91. The van der Waals surface area contributed by atoms with Crippen LogP contribution in [-0.4, -0.2) is 15.0 Å².